The summed E-state index contributed by atoms with van der Waals surface area (Å²) in [5.74, 6) is -0.381. The zero-order valence-corrected chi connectivity index (χ0v) is 10.8. The Morgan fingerprint density at radius 2 is 2.35 bits per heavy atom. The monoisotopic (exact) mass is 255 g/mol. The molecule has 2 heterocycles. The Morgan fingerprint density at radius 1 is 1.59 bits per heavy atom. The molecule has 2 rings (SSSR count). The van der Waals surface area contributed by atoms with Gasteiger partial charge in [-0.1, -0.05) is 0 Å². The van der Waals surface area contributed by atoms with Crippen LogP contribution in [0.4, 0.5) is 5.13 Å². The maximum absolute atomic E-state index is 11.2. The smallest absolute Gasteiger partial charge is 0.357 e. The summed E-state index contributed by atoms with van der Waals surface area (Å²) < 4.78 is 4.60. The summed E-state index contributed by atoms with van der Waals surface area (Å²) in [5.41, 5.74) is 0.376. The van der Waals surface area contributed by atoms with Crippen LogP contribution in [0.25, 0.3) is 0 Å². The van der Waals surface area contributed by atoms with E-state index < -0.39 is 0 Å². The molecule has 1 aliphatic heterocycles. The fourth-order valence-electron chi connectivity index (χ4n) is 1.88. The molecule has 0 radical (unpaired) electrons. The maximum atomic E-state index is 11.2. The van der Waals surface area contributed by atoms with Crippen molar-refractivity contribution in [1.82, 2.24) is 9.88 Å². The number of methoxy groups -OCH3 is 1. The molecule has 0 unspecified atom stereocenters. The number of aromatic nitrogens is 1. The first-order valence-corrected chi connectivity index (χ1v) is 6.67. The first-order valence-electron chi connectivity index (χ1n) is 5.79. The van der Waals surface area contributed by atoms with Crippen molar-refractivity contribution in [2.75, 3.05) is 38.6 Å². The fourth-order valence-corrected chi connectivity index (χ4v) is 2.59. The van der Waals surface area contributed by atoms with Crippen molar-refractivity contribution >= 4 is 22.4 Å². The number of hydrogen-bond acceptors (Lipinski definition) is 6. The second-order valence-electron chi connectivity index (χ2n) is 4.01. The molecule has 0 saturated carbocycles. The molecular formula is C11H17N3O2S. The molecule has 0 aromatic carbocycles. The number of nitrogens with one attached hydrogen (secondary N) is 1. The summed E-state index contributed by atoms with van der Waals surface area (Å²) in [6.07, 6.45) is 2.62. The van der Waals surface area contributed by atoms with Crippen molar-refractivity contribution in [3.63, 3.8) is 0 Å². The number of hydrogen-bond donors (Lipinski definition) is 1. The fraction of sp³-hybridized carbons (Fsp3) is 0.636. The van der Waals surface area contributed by atoms with Crippen molar-refractivity contribution in [2.24, 2.45) is 0 Å². The van der Waals surface area contributed by atoms with E-state index in [0.717, 1.165) is 18.2 Å². The van der Waals surface area contributed by atoms with Gasteiger partial charge in [0.05, 0.1) is 7.11 Å². The molecule has 6 heteroatoms. The number of esters is 1. The van der Waals surface area contributed by atoms with Gasteiger partial charge in [0.2, 0.25) is 0 Å². The molecule has 1 fully saturated rings. The van der Waals surface area contributed by atoms with Gasteiger partial charge in [0, 0.05) is 18.5 Å². The molecule has 0 amide bonds. The third kappa shape index (κ3) is 3.41. The highest BCUT2D eigenvalue weighted by atomic mass is 32.1. The van der Waals surface area contributed by atoms with Gasteiger partial charge < -0.3 is 15.0 Å². The number of carbonyl (C=O) groups excluding carboxylic acids is 1. The molecule has 1 aromatic heterocycles. The van der Waals surface area contributed by atoms with Crippen molar-refractivity contribution in [2.45, 2.75) is 12.8 Å². The highest BCUT2D eigenvalue weighted by molar-refractivity contribution is 7.13. The van der Waals surface area contributed by atoms with E-state index in [4.69, 9.17) is 0 Å². The van der Waals surface area contributed by atoms with E-state index in [1.54, 1.807) is 5.38 Å². The normalized spacial score (nSPS) is 16.1. The minimum Gasteiger partial charge on any atom is -0.464 e. The molecule has 0 bridgehead atoms. The second kappa shape index (κ2) is 5.97. The quantitative estimate of drug-likeness (QED) is 0.807. The van der Waals surface area contributed by atoms with Gasteiger partial charge in [0.15, 0.2) is 10.8 Å². The van der Waals surface area contributed by atoms with Crippen LogP contribution < -0.4 is 5.32 Å². The maximum Gasteiger partial charge on any atom is 0.357 e. The first-order chi connectivity index (χ1) is 8.29. The number of likely N-dealkylation sites (tertiary alicyclic amines) is 1. The molecule has 5 nitrogen and oxygen atoms in total. The summed E-state index contributed by atoms with van der Waals surface area (Å²) in [6.45, 7) is 4.31. The van der Waals surface area contributed by atoms with E-state index in [0.29, 0.717) is 5.69 Å². The van der Waals surface area contributed by atoms with E-state index in [-0.39, 0.29) is 5.97 Å². The Balaban J connectivity index is 1.74. The molecule has 0 aliphatic carbocycles. The highest BCUT2D eigenvalue weighted by Crippen LogP contribution is 2.15. The molecule has 1 aliphatic rings. The van der Waals surface area contributed by atoms with Crippen molar-refractivity contribution in [3.05, 3.63) is 11.1 Å². The van der Waals surface area contributed by atoms with Gasteiger partial charge >= 0.3 is 5.97 Å². The minimum absolute atomic E-state index is 0.376. The minimum atomic E-state index is -0.381. The predicted molar refractivity (Wildman–Crippen MR) is 67.6 cm³/mol. The number of rotatable bonds is 5. The van der Waals surface area contributed by atoms with Crippen LogP contribution >= 0.6 is 11.3 Å². The summed E-state index contributed by atoms with van der Waals surface area (Å²) in [5, 5.41) is 5.72. The zero-order valence-electron chi connectivity index (χ0n) is 9.94. The average molecular weight is 255 g/mol. The third-order valence-electron chi connectivity index (χ3n) is 2.80. The van der Waals surface area contributed by atoms with E-state index in [9.17, 15) is 4.79 Å². The Morgan fingerprint density at radius 3 is 3.06 bits per heavy atom. The van der Waals surface area contributed by atoms with Crippen molar-refractivity contribution < 1.29 is 9.53 Å². The lowest BCUT2D eigenvalue weighted by Gasteiger charge is -2.14. The third-order valence-corrected chi connectivity index (χ3v) is 3.60. The van der Waals surface area contributed by atoms with E-state index >= 15 is 0 Å². The topological polar surface area (TPSA) is 54.5 Å². The second-order valence-corrected chi connectivity index (χ2v) is 4.86. The van der Waals surface area contributed by atoms with Crippen LogP contribution in [0.15, 0.2) is 5.38 Å². The Labute approximate surface area is 105 Å². The Kier molecular flexibility index (Phi) is 4.33. The lowest BCUT2D eigenvalue weighted by molar-refractivity contribution is 0.0595. The van der Waals surface area contributed by atoms with Crippen LogP contribution in [0.3, 0.4) is 0 Å². The molecule has 17 heavy (non-hydrogen) atoms. The SMILES string of the molecule is COC(=O)c1csc(NCCN2CCCC2)n1. The molecule has 94 valence electrons. The standard InChI is InChI=1S/C11H17N3O2S/c1-16-10(15)9-8-17-11(13-9)12-4-7-14-5-2-3-6-14/h8H,2-7H2,1H3,(H,12,13). The van der Waals surface area contributed by atoms with Crippen LogP contribution in [0, 0.1) is 0 Å². The first kappa shape index (κ1) is 12.3. The van der Waals surface area contributed by atoms with Gasteiger partial charge in [-0.15, -0.1) is 11.3 Å². The van der Waals surface area contributed by atoms with Crippen LogP contribution in [-0.4, -0.2) is 49.1 Å². The van der Waals surface area contributed by atoms with Crippen LogP contribution in [0.5, 0.6) is 0 Å². The van der Waals surface area contributed by atoms with E-state index in [1.165, 1.54) is 44.4 Å². The number of nitrogens with zero attached hydrogens (tertiary/aromatic N) is 2. The molecule has 1 saturated heterocycles. The van der Waals surface area contributed by atoms with Gasteiger partial charge in [-0.3, -0.25) is 0 Å². The Bertz CT molecular complexity index is 375. The lowest BCUT2D eigenvalue weighted by Crippen LogP contribution is -2.25. The highest BCUT2D eigenvalue weighted by Gasteiger charge is 2.12. The Hall–Kier alpha value is -1.14. The average Bonchev–Trinajstić information content (AvgIpc) is 2.99. The van der Waals surface area contributed by atoms with Gasteiger partial charge in [0.1, 0.15) is 0 Å². The van der Waals surface area contributed by atoms with Gasteiger partial charge in [0.25, 0.3) is 0 Å². The molecule has 0 spiro atoms. The van der Waals surface area contributed by atoms with E-state index in [2.05, 4.69) is 19.9 Å². The van der Waals surface area contributed by atoms with Crippen LogP contribution in [0.1, 0.15) is 23.3 Å². The van der Waals surface area contributed by atoms with Gasteiger partial charge in [-0.05, 0) is 25.9 Å². The number of thiazole rings is 1. The van der Waals surface area contributed by atoms with Crippen molar-refractivity contribution in [3.8, 4) is 0 Å². The largest absolute Gasteiger partial charge is 0.464 e. The lowest BCUT2D eigenvalue weighted by atomic mass is 10.4. The number of ether oxygens (including phenoxy) is 1. The van der Waals surface area contributed by atoms with Crippen LogP contribution in [-0.2, 0) is 4.74 Å². The number of anilines is 1. The predicted octanol–water partition coefficient (Wildman–Crippen LogP) is 1.44. The van der Waals surface area contributed by atoms with Gasteiger partial charge in [-0.25, -0.2) is 9.78 Å². The summed E-state index contributed by atoms with van der Waals surface area (Å²) in [7, 11) is 1.36. The molecular weight excluding hydrogens is 238 g/mol. The molecule has 1 N–H and O–H groups in total. The summed E-state index contributed by atoms with van der Waals surface area (Å²) in [4.78, 5) is 17.8. The van der Waals surface area contributed by atoms with Crippen LogP contribution in [0.2, 0.25) is 0 Å². The van der Waals surface area contributed by atoms with Crippen molar-refractivity contribution in [1.29, 1.82) is 0 Å². The summed E-state index contributed by atoms with van der Waals surface area (Å²) in [6, 6.07) is 0. The number of carbonyl (C=O) groups is 1. The van der Waals surface area contributed by atoms with Gasteiger partial charge in [-0.2, -0.15) is 0 Å². The summed E-state index contributed by atoms with van der Waals surface area (Å²) >= 11 is 1.43. The molecule has 1 aromatic rings. The van der Waals surface area contributed by atoms with E-state index in [1.807, 2.05) is 0 Å². The molecule has 0 atom stereocenters. The zero-order chi connectivity index (χ0) is 12.1.